The summed E-state index contributed by atoms with van der Waals surface area (Å²) >= 11 is 0. The van der Waals surface area contributed by atoms with Gasteiger partial charge in [0.15, 0.2) is 0 Å². The first-order valence-electron chi connectivity index (χ1n) is 8.73. The van der Waals surface area contributed by atoms with Crippen LogP contribution >= 0.6 is 0 Å². The van der Waals surface area contributed by atoms with Gasteiger partial charge in [0.05, 0.1) is 23.0 Å². The highest BCUT2D eigenvalue weighted by Crippen LogP contribution is 2.10. The minimum Gasteiger partial charge on any atom is -0.349 e. The zero-order chi connectivity index (χ0) is 18.6. The maximum absolute atomic E-state index is 12.3. The van der Waals surface area contributed by atoms with Crippen molar-refractivity contribution in [3.05, 3.63) is 64.7 Å². The maximum Gasteiger partial charge on any atom is 0.277 e. The van der Waals surface area contributed by atoms with Gasteiger partial charge in [-0.3, -0.25) is 9.59 Å². The summed E-state index contributed by atoms with van der Waals surface area (Å²) in [5.41, 5.74) is 2.19. The molecule has 0 aliphatic rings. The molecule has 2 heterocycles. The van der Waals surface area contributed by atoms with Gasteiger partial charge in [0.25, 0.3) is 5.56 Å². The van der Waals surface area contributed by atoms with Crippen LogP contribution in [0, 0.1) is 0 Å². The summed E-state index contributed by atoms with van der Waals surface area (Å²) < 4.78 is 1.30. The first-order valence-corrected chi connectivity index (χ1v) is 8.73. The minimum atomic E-state index is -0.191. The van der Waals surface area contributed by atoms with E-state index in [1.807, 2.05) is 30.3 Å². The second-order valence-electron chi connectivity index (χ2n) is 6.22. The fraction of sp³-hybridized carbons (Fsp3) is 0.211. The number of fused-ring (bicyclic) bond motifs is 2. The number of hydrogen-bond acceptors (Lipinski definition) is 5. The van der Waals surface area contributed by atoms with Gasteiger partial charge in [-0.2, -0.15) is 0 Å². The number of para-hydroxylation sites is 2. The number of carbonyl (C=O) groups excluding carboxylic acids is 1. The molecule has 0 unspecified atom stereocenters. The van der Waals surface area contributed by atoms with Crippen LogP contribution in [0.4, 0.5) is 0 Å². The van der Waals surface area contributed by atoms with Gasteiger partial charge in [0.1, 0.15) is 11.3 Å². The van der Waals surface area contributed by atoms with Gasteiger partial charge in [0, 0.05) is 13.0 Å². The summed E-state index contributed by atoms with van der Waals surface area (Å²) in [6.07, 6.45) is 0.792. The highest BCUT2D eigenvalue weighted by Gasteiger charge is 2.08. The van der Waals surface area contributed by atoms with Crippen molar-refractivity contribution in [3.8, 4) is 0 Å². The Balaban J connectivity index is 1.30. The zero-order valence-corrected chi connectivity index (χ0v) is 14.6. The van der Waals surface area contributed by atoms with Crippen molar-refractivity contribution in [2.75, 3.05) is 0 Å². The van der Waals surface area contributed by atoms with Gasteiger partial charge in [-0.25, -0.2) is 9.67 Å². The molecule has 0 radical (unpaired) electrons. The molecule has 0 atom stereocenters. The highest BCUT2D eigenvalue weighted by molar-refractivity contribution is 5.77. The van der Waals surface area contributed by atoms with E-state index in [-0.39, 0.29) is 11.5 Å². The van der Waals surface area contributed by atoms with Crippen LogP contribution in [0.15, 0.2) is 53.3 Å². The number of aryl methyl sites for hydroxylation is 1. The van der Waals surface area contributed by atoms with Crippen molar-refractivity contribution in [2.45, 2.75) is 25.9 Å². The van der Waals surface area contributed by atoms with Crippen molar-refractivity contribution in [2.24, 2.45) is 0 Å². The maximum atomic E-state index is 12.3. The quantitative estimate of drug-likeness (QED) is 0.544. The number of hydrogen-bond donors (Lipinski definition) is 2. The summed E-state index contributed by atoms with van der Waals surface area (Å²) in [4.78, 5) is 32.0. The molecule has 4 aromatic rings. The molecule has 136 valence electrons. The number of amides is 1. The number of benzene rings is 2. The number of aromatic nitrogens is 5. The molecular weight excluding hydrogens is 344 g/mol. The zero-order valence-electron chi connectivity index (χ0n) is 14.6. The number of aromatic amines is 1. The molecule has 0 bridgehead atoms. The third-order valence-electron chi connectivity index (χ3n) is 4.29. The van der Waals surface area contributed by atoms with Gasteiger partial charge < -0.3 is 10.3 Å². The van der Waals surface area contributed by atoms with E-state index in [1.165, 1.54) is 4.68 Å². The normalized spacial score (nSPS) is 11.1. The molecule has 0 saturated heterocycles. The molecule has 1 amide bonds. The lowest BCUT2D eigenvalue weighted by Gasteiger charge is -2.05. The Labute approximate surface area is 154 Å². The fourth-order valence-corrected chi connectivity index (χ4v) is 2.92. The van der Waals surface area contributed by atoms with E-state index in [1.54, 1.807) is 18.2 Å². The SMILES string of the molecule is O=C(CCCn1nnc2ccccc2c1=O)NCc1nc2ccccc2[nH]1. The van der Waals surface area contributed by atoms with Gasteiger partial charge in [-0.15, -0.1) is 5.10 Å². The molecule has 0 aliphatic heterocycles. The molecule has 0 saturated carbocycles. The van der Waals surface area contributed by atoms with E-state index in [0.717, 1.165) is 11.0 Å². The molecule has 8 nitrogen and oxygen atoms in total. The molecule has 0 spiro atoms. The largest absolute Gasteiger partial charge is 0.349 e. The lowest BCUT2D eigenvalue weighted by Crippen LogP contribution is -2.26. The van der Waals surface area contributed by atoms with Crippen LogP contribution in [-0.2, 0) is 17.9 Å². The first kappa shape index (κ1) is 16.9. The lowest BCUT2D eigenvalue weighted by atomic mass is 10.2. The predicted molar refractivity (Wildman–Crippen MR) is 101 cm³/mol. The Morgan fingerprint density at radius 2 is 1.85 bits per heavy atom. The van der Waals surface area contributed by atoms with Gasteiger partial charge >= 0.3 is 0 Å². The molecule has 27 heavy (non-hydrogen) atoms. The predicted octanol–water partition coefficient (Wildman–Crippen LogP) is 1.76. The van der Waals surface area contributed by atoms with Crippen LogP contribution in [0.3, 0.4) is 0 Å². The summed E-state index contributed by atoms with van der Waals surface area (Å²) in [6.45, 7) is 0.679. The van der Waals surface area contributed by atoms with E-state index in [0.29, 0.717) is 42.7 Å². The summed E-state index contributed by atoms with van der Waals surface area (Å²) in [5.74, 6) is 0.610. The molecule has 4 rings (SSSR count). The van der Waals surface area contributed by atoms with Gasteiger partial charge in [-0.05, 0) is 30.7 Å². The van der Waals surface area contributed by atoms with Crippen molar-refractivity contribution in [1.82, 2.24) is 30.3 Å². The van der Waals surface area contributed by atoms with E-state index in [4.69, 9.17) is 0 Å². The number of nitrogens with zero attached hydrogens (tertiary/aromatic N) is 4. The summed E-state index contributed by atoms with van der Waals surface area (Å²) in [6, 6.07) is 14.8. The average Bonchev–Trinajstić information content (AvgIpc) is 3.11. The van der Waals surface area contributed by atoms with Crippen LogP contribution in [0.5, 0.6) is 0 Å². The van der Waals surface area contributed by atoms with Crippen molar-refractivity contribution < 1.29 is 4.79 Å². The van der Waals surface area contributed by atoms with Gasteiger partial charge in [0.2, 0.25) is 5.91 Å². The second kappa shape index (κ2) is 7.36. The molecule has 0 aliphatic carbocycles. The number of rotatable bonds is 6. The molecule has 2 N–H and O–H groups in total. The summed E-state index contributed by atoms with van der Waals surface area (Å²) in [7, 11) is 0. The Morgan fingerprint density at radius 3 is 2.70 bits per heavy atom. The highest BCUT2D eigenvalue weighted by atomic mass is 16.1. The molecule has 0 fully saturated rings. The topological polar surface area (TPSA) is 106 Å². The van der Waals surface area contributed by atoms with E-state index >= 15 is 0 Å². The third-order valence-corrected chi connectivity index (χ3v) is 4.29. The van der Waals surface area contributed by atoms with E-state index in [2.05, 4.69) is 25.6 Å². The van der Waals surface area contributed by atoms with E-state index < -0.39 is 0 Å². The molecule has 8 heteroatoms. The standard InChI is InChI=1S/C19H18N6O2/c26-18(20-12-17-21-15-8-3-4-9-16(15)22-17)10-5-11-25-19(27)13-6-1-2-7-14(13)23-24-25/h1-4,6-9H,5,10-12H2,(H,20,26)(H,21,22). The Morgan fingerprint density at radius 1 is 1.07 bits per heavy atom. The first-order chi connectivity index (χ1) is 13.2. The molecular formula is C19H18N6O2. The fourth-order valence-electron chi connectivity index (χ4n) is 2.92. The van der Waals surface area contributed by atoms with Gasteiger partial charge in [-0.1, -0.05) is 29.5 Å². The smallest absolute Gasteiger partial charge is 0.277 e. The number of imidazole rings is 1. The van der Waals surface area contributed by atoms with Crippen LogP contribution in [0.2, 0.25) is 0 Å². The second-order valence-corrected chi connectivity index (χ2v) is 6.22. The van der Waals surface area contributed by atoms with Crippen molar-refractivity contribution in [3.63, 3.8) is 0 Å². The van der Waals surface area contributed by atoms with Crippen LogP contribution in [0.1, 0.15) is 18.7 Å². The van der Waals surface area contributed by atoms with Crippen molar-refractivity contribution >= 4 is 27.8 Å². The summed E-state index contributed by atoms with van der Waals surface area (Å²) in [5, 5.41) is 11.3. The average molecular weight is 362 g/mol. The number of H-pyrrole nitrogens is 1. The van der Waals surface area contributed by atoms with Crippen molar-refractivity contribution in [1.29, 1.82) is 0 Å². The number of nitrogens with one attached hydrogen (secondary N) is 2. The van der Waals surface area contributed by atoms with Crippen LogP contribution < -0.4 is 10.9 Å². The van der Waals surface area contributed by atoms with Crippen LogP contribution in [0.25, 0.3) is 21.9 Å². The Hall–Kier alpha value is -3.55. The monoisotopic (exact) mass is 362 g/mol. The van der Waals surface area contributed by atoms with Crippen LogP contribution in [-0.4, -0.2) is 30.9 Å². The molecule has 2 aromatic heterocycles. The molecule has 2 aromatic carbocycles. The Kier molecular flexibility index (Phi) is 4.61. The third kappa shape index (κ3) is 3.69. The number of carbonyl (C=O) groups is 1. The lowest BCUT2D eigenvalue weighted by molar-refractivity contribution is -0.121. The minimum absolute atomic E-state index is 0.0998. The van der Waals surface area contributed by atoms with E-state index in [9.17, 15) is 9.59 Å². The Bertz CT molecular complexity index is 1130.